The van der Waals surface area contributed by atoms with Crippen molar-refractivity contribution >= 4 is 23.0 Å². The summed E-state index contributed by atoms with van der Waals surface area (Å²) in [4.78, 5) is 37.4. The standard InChI is InChI=1S/C19H20N4O6/c1-29-19(24)15-11-16(22(25)26)18(17(12-15)23(27)28)21-9-7-20(8-10-21)13-14-5-3-2-4-6-14/h2-6,11-12H,7-10,13H2,1H3. The van der Waals surface area contributed by atoms with Gasteiger partial charge in [-0.15, -0.1) is 0 Å². The second-order valence-electron chi connectivity index (χ2n) is 6.62. The number of hydrogen-bond donors (Lipinski definition) is 0. The van der Waals surface area contributed by atoms with Gasteiger partial charge in [0.1, 0.15) is 0 Å². The molecule has 0 radical (unpaired) electrons. The van der Waals surface area contributed by atoms with Crippen LogP contribution in [0.1, 0.15) is 15.9 Å². The van der Waals surface area contributed by atoms with E-state index >= 15 is 0 Å². The van der Waals surface area contributed by atoms with E-state index in [0.29, 0.717) is 26.2 Å². The average Bonchev–Trinajstić information content (AvgIpc) is 2.73. The number of carbonyl (C=O) groups is 1. The lowest BCUT2D eigenvalue weighted by atomic mass is 10.1. The molecular formula is C19H20N4O6. The number of methoxy groups -OCH3 is 1. The van der Waals surface area contributed by atoms with Crippen molar-refractivity contribution in [2.75, 3.05) is 38.2 Å². The van der Waals surface area contributed by atoms with Crippen LogP contribution in [0.5, 0.6) is 0 Å². The van der Waals surface area contributed by atoms with Crippen molar-refractivity contribution in [2.45, 2.75) is 6.54 Å². The van der Waals surface area contributed by atoms with Gasteiger partial charge in [-0.2, -0.15) is 0 Å². The van der Waals surface area contributed by atoms with Crippen molar-refractivity contribution in [1.29, 1.82) is 0 Å². The summed E-state index contributed by atoms with van der Waals surface area (Å²) in [6, 6.07) is 12.0. The van der Waals surface area contributed by atoms with Gasteiger partial charge in [-0.3, -0.25) is 25.1 Å². The SMILES string of the molecule is COC(=O)c1cc([N+](=O)[O-])c(N2CCN(Cc3ccccc3)CC2)c([N+](=O)[O-])c1. The Balaban J connectivity index is 1.87. The predicted molar refractivity (Wildman–Crippen MR) is 105 cm³/mol. The van der Waals surface area contributed by atoms with E-state index in [2.05, 4.69) is 9.64 Å². The van der Waals surface area contributed by atoms with E-state index in [0.717, 1.165) is 31.4 Å². The first-order chi connectivity index (χ1) is 13.9. The Labute approximate surface area is 166 Å². The Hall–Kier alpha value is -3.53. The molecule has 29 heavy (non-hydrogen) atoms. The van der Waals surface area contributed by atoms with Crippen LogP contribution in [0.4, 0.5) is 17.1 Å². The van der Waals surface area contributed by atoms with Crippen LogP contribution in [0, 0.1) is 20.2 Å². The smallest absolute Gasteiger partial charge is 0.338 e. The summed E-state index contributed by atoms with van der Waals surface area (Å²) in [7, 11) is 1.11. The van der Waals surface area contributed by atoms with E-state index in [1.807, 2.05) is 30.3 Å². The molecule has 0 aromatic heterocycles. The quantitative estimate of drug-likeness (QED) is 0.412. The van der Waals surface area contributed by atoms with Crippen LogP contribution < -0.4 is 4.90 Å². The second kappa shape index (κ2) is 8.65. The molecule has 0 amide bonds. The van der Waals surface area contributed by atoms with Crippen LogP contribution in [-0.4, -0.2) is 54.0 Å². The second-order valence-corrected chi connectivity index (χ2v) is 6.62. The summed E-state index contributed by atoms with van der Waals surface area (Å²) in [5.74, 6) is -0.865. The van der Waals surface area contributed by atoms with Crippen molar-refractivity contribution < 1.29 is 19.4 Å². The minimum Gasteiger partial charge on any atom is -0.465 e. The molecule has 152 valence electrons. The number of nitro groups is 2. The number of hydrogen-bond acceptors (Lipinski definition) is 8. The number of carbonyl (C=O) groups excluding carboxylic acids is 1. The summed E-state index contributed by atoms with van der Waals surface area (Å²) in [6.07, 6.45) is 0. The maximum Gasteiger partial charge on any atom is 0.338 e. The van der Waals surface area contributed by atoms with E-state index in [-0.39, 0.29) is 11.3 Å². The molecule has 1 heterocycles. The molecule has 0 bridgehead atoms. The van der Waals surface area contributed by atoms with Gasteiger partial charge >= 0.3 is 17.3 Å². The molecule has 1 saturated heterocycles. The Morgan fingerprint density at radius 3 is 2.03 bits per heavy atom. The third-order valence-corrected chi connectivity index (χ3v) is 4.82. The largest absolute Gasteiger partial charge is 0.465 e. The number of anilines is 1. The number of benzene rings is 2. The highest BCUT2D eigenvalue weighted by Gasteiger charge is 2.34. The lowest BCUT2D eigenvalue weighted by Crippen LogP contribution is -2.46. The molecule has 0 aliphatic carbocycles. The third-order valence-electron chi connectivity index (χ3n) is 4.82. The van der Waals surface area contributed by atoms with E-state index < -0.39 is 27.2 Å². The van der Waals surface area contributed by atoms with Crippen LogP contribution in [0.2, 0.25) is 0 Å². The van der Waals surface area contributed by atoms with Gasteiger partial charge in [0.2, 0.25) is 0 Å². The number of piperazine rings is 1. The Morgan fingerprint density at radius 2 is 1.55 bits per heavy atom. The normalized spacial score (nSPS) is 14.4. The number of esters is 1. The fourth-order valence-electron chi connectivity index (χ4n) is 3.41. The first-order valence-electron chi connectivity index (χ1n) is 8.97. The molecule has 1 aliphatic rings. The Morgan fingerprint density at radius 1 is 1.00 bits per heavy atom. The van der Waals surface area contributed by atoms with E-state index in [1.165, 1.54) is 0 Å². The van der Waals surface area contributed by atoms with Crippen molar-refractivity contribution in [2.24, 2.45) is 0 Å². The molecule has 0 spiro atoms. The summed E-state index contributed by atoms with van der Waals surface area (Å²) < 4.78 is 4.56. The van der Waals surface area contributed by atoms with Gasteiger partial charge in [-0.25, -0.2) is 4.79 Å². The fraction of sp³-hybridized carbons (Fsp3) is 0.316. The molecule has 0 unspecified atom stereocenters. The molecular weight excluding hydrogens is 380 g/mol. The minimum absolute atomic E-state index is 0.0768. The fourth-order valence-corrected chi connectivity index (χ4v) is 3.41. The highest BCUT2D eigenvalue weighted by Crippen LogP contribution is 2.39. The molecule has 10 heteroatoms. The van der Waals surface area contributed by atoms with Crippen LogP contribution >= 0.6 is 0 Å². The number of rotatable bonds is 6. The molecule has 2 aromatic carbocycles. The number of nitrogens with zero attached hydrogens (tertiary/aromatic N) is 4. The summed E-state index contributed by atoms with van der Waals surface area (Å²) in [5.41, 5.74) is -0.100. The zero-order valence-electron chi connectivity index (χ0n) is 15.8. The molecule has 0 atom stereocenters. The third kappa shape index (κ3) is 4.49. The number of ether oxygens (including phenoxy) is 1. The van der Waals surface area contributed by atoms with Crippen LogP contribution in [0.15, 0.2) is 42.5 Å². The van der Waals surface area contributed by atoms with Crippen molar-refractivity contribution in [3.63, 3.8) is 0 Å². The first-order valence-corrected chi connectivity index (χ1v) is 8.97. The molecule has 0 saturated carbocycles. The maximum atomic E-state index is 11.8. The van der Waals surface area contributed by atoms with Gasteiger partial charge < -0.3 is 9.64 Å². The zero-order chi connectivity index (χ0) is 21.0. The van der Waals surface area contributed by atoms with Crippen molar-refractivity contribution in [3.8, 4) is 0 Å². The molecule has 1 aliphatic heterocycles. The first kappa shape index (κ1) is 20.2. The highest BCUT2D eigenvalue weighted by atomic mass is 16.6. The van der Waals surface area contributed by atoms with E-state index in [4.69, 9.17) is 0 Å². The summed E-state index contributed by atoms with van der Waals surface area (Å²) in [5, 5.41) is 23.2. The van der Waals surface area contributed by atoms with E-state index in [1.54, 1.807) is 4.90 Å². The lowest BCUT2D eigenvalue weighted by molar-refractivity contribution is -0.392. The molecule has 0 N–H and O–H groups in total. The van der Waals surface area contributed by atoms with Crippen LogP contribution in [0.25, 0.3) is 0 Å². The summed E-state index contributed by atoms with van der Waals surface area (Å²) >= 11 is 0. The van der Waals surface area contributed by atoms with E-state index in [9.17, 15) is 25.0 Å². The molecule has 2 aromatic rings. The Kier molecular flexibility index (Phi) is 6.03. The maximum absolute atomic E-state index is 11.8. The van der Waals surface area contributed by atoms with Crippen LogP contribution in [-0.2, 0) is 11.3 Å². The Bertz CT molecular complexity index is 891. The van der Waals surface area contributed by atoms with Crippen LogP contribution in [0.3, 0.4) is 0 Å². The average molecular weight is 400 g/mol. The van der Waals surface area contributed by atoms with Crippen molar-refractivity contribution in [3.05, 3.63) is 73.8 Å². The number of nitro benzene ring substituents is 2. The molecule has 10 nitrogen and oxygen atoms in total. The molecule has 3 rings (SSSR count). The topological polar surface area (TPSA) is 119 Å². The minimum atomic E-state index is -0.865. The summed E-state index contributed by atoms with van der Waals surface area (Å²) in [6.45, 7) is 2.72. The van der Waals surface area contributed by atoms with Gasteiger partial charge in [0.15, 0.2) is 5.69 Å². The highest BCUT2D eigenvalue weighted by molar-refractivity contribution is 5.94. The van der Waals surface area contributed by atoms with Gasteiger partial charge in [0.25, 0.3) is 0 Å². The van der Waals surface area contributed by atoms with Gasteiger partial charge in [0, 0.05) is 44.9 Å². The molecule has 1 fully saturated rings. The monoisotopic (exact) mass is 400 g/mol. The van der Waals surface area contributed by atoms with Gasteiger partial charge in [-0.05, 0) is 5.56 Å². The predicted octanol–water partition coefficient (Wildman–Crippen LogP) is 2.61. The van der Waals surface area contributed by atoms with Gasteiger partial charge in [0.05, 0.1) is 22.5 Å². The lowest BCUT2D eigenvalue weighted by Gasteiger charge is -2.35. The van der Waals surface area contributed by atoms with Crippen molar-refractivity contribution in [1.82, 2.24) is 4.90 Å². The van der Waals surface area contributed by atoms with Gasteiger partial charge in [-0.1, -0.05) is 30.3 Å². The zero-order valence-corrected chi connectivity index (χ0v) is 15.8.